The third-order valence-corrected chi connectivity index (χ3v) is 3.54. The average Bonchev–Trinajstić information content (AvgIpc) is 2.20. The van der Waals surface area contributed by atoms with Gasteiger partial charge in [-0.2, -0.15) is 8.42 Å². The van der Waals surface area contributed by atoms with Crippen molar-refractivity contribution in [1.29, 1.82) is 0 Å². The van der Waals surface area contributed by atoms with Crippen LogP contribution in [0, 0.1) is 23.3 Å². The smallest absolute Gasteiger partial charge is 0.282 e. The van der Waals surface area contributed by atoms with Gasteiger partial charge in [0.05, 0.1) is 4.90 Å². The summed E-state index contributed by atoms with van der Waals surface area (Å²) in [5.74, 6) is -7.84. The van der Waals surface area contributed by atoms with Crippen molar-refractivity contribution >= 4 is 21.9 Å². The quantitative estimate of drug-likeness (QED) is 0.402. The molecule has 0 saturated carbocycles. The second-order valence-corrected chi connectivity index (χ2v) is 5.45. The molecule has 0 aliphatic rings. The summed E-state index contributed by atoms with van der Waals surface area (Å²) in [4.78, 5) is -2.98. The Balaban J connectivity index is 3.71. The van der Waals surface area contributed by atoms with Crippen LogP contribution < -0.4 is 0 Å². The van der Waals surface area contributed by atoms with E-state index in [4.69, 9.17) is 4.55 Å². The Labute approximate surface area is 98.6 Å². The fourth-order valence-corrected chi connectivity index (χ4v) is 2.44. The van der Waals surface area contributed by atoms with Crippen LogP contribution in [0.3, 0.4) is 0 Å². The molecule has 0 aromatic heterocycles. The second-order valence-electron chi connectivity index (χ2n) is 2.82. The predicted octanol–water partition coefficient (Wildman–Crippen LogP) is 2.60. The lowest BCUT2D eigenvalue weighted by atomic mass is 10.3. The summed E-state index contributed by atoms with van der Waals surface area (Å²) in [6.07, 6.45) is 0. The Hall–Kier alpha value is -0.800. The van der Waals surface area contributed by atoms with E-state index >= 15 is 0 Å². The van der Waals surface area contributed by atoms with Crippen LogP contribution in [0.25, 0.3) is 0 Å². The van der Waals surface area contributed by atoms with Crippen molar-refractivity contribution in [2.75, 3.05) is 5.75 Å². The van der Waals surface area contributed by atoms with Gasteiger partial charge in [-0.3, -0.25) is 4.55 Å². The molecule has 0 radical (unpaired) electrons. The molecule has 0 aliphatic carbocycles. The molecule has 9 heteroatoms. The van der Waals surface area contributed by atoms with Crippen molar-refractivity contribution in [1.82, 2.24) is 0 Å². The summed E-state index contributed by atoms with van der Waals surface area (Å²) in [6.45, 7) is 1.48. The molecule has 96 valence electrons. The second kappa shape index (κ2) is 4.83. The molecule has 0 amide bonds. The number of hydrogen-bond donors (Lipinski definition) is 1. The number of rotatable bonds is 3. The summed E-state index contributed by atoms with van der Waals surface area (Å²) in [5, 5.41) is 0. The molecule has 1 aromatic carbocycles. The zero-order valence-corrected chi connectivity index (χ0v) is 9.93. The zero-order valence-electron chi connectivity index (χ0n) is 8.30. The predicted molar refractivity (Wildman–Crippen MR) is 52.5 cm³/mol. The van der Waals surface area contributed by atoms with Gasteiger partial charge in [0.15, 0.2) is 28.2 Å². The third-order valence-electron chi connectivity index (χ3n) is 1.73. The fourth-order valence-electron chi connectivity index (χ4n) is 1.09. The highest BCUT2D eigenvalue weighted by Crippen LogP contribution is 2.33. The van der Waals surface area contributed by atoms with E-state index in [2.05, 4.69) is 0 Å². The number of thioether (sulfide) groups is 1. The molecule has 1 aromatic rings. The van der Waals surface area contributed by atoms with E-state index in [1.165, 1.54) is 6.92 Å². The maximum absolute atomic E-state index is 13.2. The molecular formula is C8H6F4O3S2. The molecule has 0 unspecified atom stereocenters. The van der Waals surface area contributed by atoms with Gasteiger partial charge in [0, 0.05) is 0 Å². The molecule has 0 atom stereocenters. The molecule has 0 spiro atoms. The Morgan fingerprint density at radius 2 is 1.47 bits per heavy atom. The Morgan fingerprint density at radius 1 is 1.06 bits per heavy atom. The monoisotopic (exact) mass is 290 g/mol. The van der Waals surface area contributed by atoms with Crippen LogP contribution in [0.5, 0.6) is 0 Å². The minimum atomic E-state index is -5.38. The highest BCUT2D eigenvalue weighted by molar-refractivity contribution is 7.99. The van der Waals surface area contributed by atoms with Crippen LogP contribution in [0.4, 0.5) is 17.6 Å². The van der Waals surface area contributed by atoms with E-state index in [-0.39, 0.29) is 5.75 Å². The highest BCUT2D eigenvalue weighted by Gasteiger charge is 2.31. The van der Waals surface area contributed by atoms with Gasteiger partial charge in [-0.05, 0) is 5.75 Å². The van der Waals surface area contributed by atoms with E-state index < -0.39 is 43.2 Å². The number of benzene rings is 1. The number of halogens is 4. The van der Waals surface area contributed by atoms with Crippen molar-refractivity contribution in [3.05, 3.63) is 23.3 Å². The van der Waals surface area contributed by atoms with Crippen molar-refractivity contribution in [2.45, 2.75) is 16.7 Å². The largest absolute Gasteiger partial charge is 0.300 e. The molecular weight excluding hydrogens is 284 g/mol. The Bertz CT molecular complexity index is 527. The normalized spacial score (nSPS) is 11.9. The molecule has 17 heavy (non-hydrogen) atoms. The minimum Gasteiger partial charge on any atom is -0.282 e. The number of hydrogen-bond acceptors (Lipinski definition) is 3. The Kier molecular flexibility index (Phi) is 4.05. The van der Waals surface area contributed by atoms with Gasteiger partial charge in [-0.15, -0.1) is 11.8 Å². The van der Waals surface area contributed by atoms with Crippen molar-refractivity contribution < 1.29 is 30.5 Å². The van der Waals surface area contributed by atoms with Crippen molar-refractivity contribution in [3.63, 3.8) is 0 Å². The zero-order chi connectivity index (χ0) is 13.4. The van der Waals surface area contributed by atoms with Gasteiger partial charge in [-0.25, -0.2) is 17.6 Å². The molecule has 3 nitrogen and oxygen atoms in total. The summed E-state index contributed by atoms with van der Waals surface area (Å²) >= 11 is 0.470. The molecule has 1 N–H and O–H groups in total. The van der Waals surface area contributed by atoms with Crippen LogP contribution in [-0.4, -0.2) is 18.7 Å². The van der Waals surface area contributed by atoms with Gasteiger partial charge in [-0.1, -0.05) is 6.92 Å². The van der Waals surface area contributed by atoms with Gasteiger partial charge in [0.1, 0.15) is 0 Å². The lowest BCUT2D eigenvalue weighted by Crippen LogP contribution is -2.11. The first kappa shape index (κ1) is 14.3. The highest BCUT2D eigenvalue weighted by atomic mass is 32.2. The van der Waals surface area contributed by atoms with Crippen LogP contribution in [0.15, 0.2) is 9.79 Å². The van der Waals surface area contributed by atoms with Gasteiger partial charge < -0.3 is 0 Å². The molecule has 1 rings (SSSR count). The SMILES string of the molecule is CCSc1c(F)c(F)c(S(=O)(=O)O)c(F)c1F. The maximum Gasteiger partial charge on any atom is 0.300 e. The van der Waals surface area contributed by atoms with Gasteiger partial charge in [0.2, 0.25) is 0 Å². The van der Waals surface area contributed by atoms with E-state index in [1.807, 2.05) is 0 Å². The first-order valence-corrected chi connectivity index (χ1v) is 6.60. The first-order chi connectivity index (χ1) is 7.71. The van der Waals surface area contributed by atoms with Crippen LogP contribution in [0.2, 0.25) is 0 Å². The van der Waals surface area contributed by atoms with Crippen LogP contribution >= 0.6 is 11.8 Å². The summed E-state index contributed by atoms with van der Waals surface area (Å²) < 4.78 is 82.5. The molecule has 0 fully saturated rings. The van der Waals surface area contributed by atoms with E-state index in [1.54, 1.807) is 0 Å². The van der Waals surface area contributed by atoms with Crippen molar-refractivity contribution in [2.24, 2.45) is 0 Å². The van der Waals surface area contributed by atoms with Gasteiger partial charge >= 0.3 is 10.1 Å². The topological polar surface area (TPSA) is 54.4 Å². The molecule has 0 aliphatic heterocycles. The van der Waals surface area contributed by atoms with Crippen molar-refractivity contribution in [3.8, 4) is 0 Å². The molecule has 0 heterocycles. The van der Waals surface area contributed by atoms with Crippen LogP contribution in [0.1, 0.15) is 6.92 Å². The van der Waals surface area contributed by atoms with Crippen LogP contribution in [-0.2, 0) is 10.1 Å². The molecule has 0 bridgehead atoms. The van der Waals surface area contributed by atoms with E-state index in [0.29, 0.717) is 11.8 Å². The lowest BCUT2D eigenvalue weighted by molar-refractivity contribution is 0.384. The first-order valence-electron chi connectivity index (χ1n) is 4.18. The summed E-state index contributed by atoms with van der Waals surface area (Å²) in [6, 6.07) is 0. The summed E-state index contributed by atoms with van der Waals surface area (Å²) in [7, 11) is -5.38. The fraction of sp³-hybridized carbons (Fsp3) is 0.250. The van der Waals surface area contributed by atoms with E-state index in [9.17, 15) is 26.0 Å². The lowest BCUT2D eigenvalue weighted by Gasteiger charge is -2.08. The Morgan fingerprint density at radius 3 is 1.76 bits per heavy atom. The maximum atomic E-state index is 13.2. The standard InChI is InChI=1S/C8H6F4O3S2/c1-2-16-7-3(9)5(11)8(17(13,14)15)6(12)4(7)10/h2H2,1H3,(H,13,14,15). The third kappa shape index (κ3) is 2.55. The average molecular weight is 290 g/mol. The molecule has 0 saturated heterocycles. The van der Waals surface area contributed by atoms with E-state index in [0.717, 1.165) is 0 Å². The minimum absolute atomic E-state index is 0.123. The van der Waals surface area contributed by atoms with Gasteiger partial charge in [0.25, 0.3) is 0 Å². The summed E-state index contributed by atoms with van der Waals surface area (Å²) in [5.41, 5.74) is 0.